The minimum Gasteiger partial charge on any atom is -0.396 e. The lowest BCUT2D eigenvalue weighted by atomic mass is 9.83. The predicted molar refractivity (Wildman–Crippen MR) is 86.7 cm³/mol. The van der Waals surface area contributed by atoms with Crippen molar-refractivity contribution in [2.45, 2.75) is 33.2 Å². The molecule has 1 aromatic heterocycles. The Labute approximate surface area is 133 Å². The first kappa shape index (κ1) is 18.1. The van der Waals surface area contributed by atoms with Gasteiger partial charge in [0.05, 0.1) is 31.6 Å². The molecule has 0 aliphatic rings. The van der Waals surface area contributed by atoms with E-state index in [1.165, 1.54) is 4.68 Å². The molecule has 0 atom stereocenters. The lowest BCUT2D eigenvalue weighted by Crippen LogP contribution is -2.33. The number of nitrogens with one attached hydrogen (secondary N) is 1. The topological polar surface area (TPSA) is 76.4 Å². The van der Waals surface area contributed by atoms with Crippen molar-refractivity contribution >= 4 is 21.6 Å². The summed E-state index contributed by atoms with van der Waals surface area (Å²) in [6, 6.07) is 0. The van der Waals surface area contributed by atoms with Gasteiger partial charge in [-0.2, -0.15) is 5.10 Å². The fourth-order valence-corrected chi connectivity index (χ4v) is 2.43. The van der Waals surface area contributed by atoms with Gasteiger partial charge in [-0.05, 0) is 28.8 Å². The Morgan fingerprint density at radius 1 is 1.48 bits per heavy atom. The third-order valence-electron chi connectivity index (χ3n) is 3.98. The van der Waals surface area contributed by atoms with Crippen molar-refractivity contribution in [2.75, 3.05) is 32.2 Å². The maximum atomic E-state index is 12.1. The first-order valence-corrected chi connectivity index (χ1v) is 7.92. The third-order valence-corrected chi connectivity index (χ3v) is 4.75. The molecule has 6 nitrogen and oxygen atoms in total. The molecule has 0 bridgehead atoms. The summed E-state index contributed by atoms with van der Waals surface area (Å²) in [4.78, 5) is 12.1. The zero-order chi connectivity index (χ0) is 15.9. The van der Waals surface area contributed by atoms with Gasteiger partial charge in [0.1, 0.15) is 4.47 Å². The Hall–Kier alpha value is -0.920. The lowest BCUT2D eigenvalue weighted by molar-refractivity contribution is 0.127. The lowest BCUT2D eigenvalue weighted by Gasteiger charge is -2.30. The van der Waals surface area contributed by atoms with Gasteiger partial charge in [-0.25, -0.2) is 4.68 Å². The SMILES string of the molecule is CCC(CC)(CO)CNc1cnn(CCOC)c(=O)c1Br. The number of aliphatic hydroxyl groups excluding tert-OH is 1. The summed E-state index contributed by atoms with van der Waals surface area (Å²) < 4.78 is 6.76. The Kier molecular flexibility index (Phi) is 7.34. The van der Waals surface area contributed by atoms with Crippen LogP contribution in [0.2, 0.25) is 0 Å². The molecule has 1 aromatic rings. The summed E-state index contributed by atoms with van der Waals surface area (Å²) in [6.45, 7) is 5.67. The second-order valence-corrected chi connectivity index (χ2v) is 5.91. The largest absolute Gasteiger partial charge is 0.396 e. The van der Waals surface area contributed by atoms with E-state index >= 15 is 0 Å². The van der Waals surface area contributed by atoms with Gasteiger partial charge in [0.15, 0.2) is 0 Å². The van der Waals surface area contributed by atoms with Gasteiger partial charge in [-0.15, -0.1) is 0 Å². The number of rotatable bonds is 9. The van der Waals surface area contributed by atoms with E-state index in [1.807, 2.05) is 0 Å². The maximum Gasteiger partial charge on any atom is 0.283 e. The van der Waals surface area contributed by atoms with E-state index in [4.69, 9.17) is 4.74 Å². The van der Waals surface area contributed by atoms with Gasteiger partial charge >= 0.3 is 0 Å². The number of anilines is 1. The zero-order valence-corrected chi connectivity index (χ0v) is 14.4. The van der Waals surface area contributed by atoms with E-state index in [-0.39, 0.29) is 17.6 Å². The molecule has 1 heterocycles. The summed E-state index contributed by atoms with van der Waals surface area (Å²) in [7, 11) is 1.58. The van der Waals surface area contributed by atoms with Crippen LogP contribution < -0.4 is 10.9 Å². The van der Waals surface area contributed by atoms with Gasteiger partial charge in [0.25, 0.3) is 5.56 Å². The van der Waals surface area contributed by atoms with Crippen LogP contribution in [0.1, 0.15) is 26.7 Å². The van der Waals surface area contributed by atoms with Crippen LogP contribution in [0, 0.1) is 5.41 Å². The first-order chi connectivity index (χ1) is 10.0. The van der Waals surface area contributed by atoms with Crippen molar-refractivity contribution in [1.82, 2.24) is 9.78 Å². The molecule has 0 saturated carbocycles. The number of aliphatic hydroxyl groups is 1. The highest BCUT2D eigenvalue weighted by molar-refractivity contribution is 9.10. The van der Waals surface area contributed by atoms with Crippen molar-refractivity contribution in [2.24, 2.45) is 5.41 Å². The minimum atomic E-state index is -0.195. The summed E-state index contributed by atoms with van der Waals surface area (Å²) in [5.74, 6) is 0. The van der Waals surface area contributed by atoms with Crippen LogP contribution in [0.4, 0.5) is 5.69 Å². The second kappa shape index (κ2) is 8.51. The fraction of sp³-hybridized carbons (Fsp3) is 0.714. The van der Waals surface area contributed by atoms with Gasteiger partial charge in [-0.3, -0.25) is 4.79 Å². The Bertz CT molecular complexity index is 492. The van der Waals surface area contributed by atoms with Crippen LogP contribution in [0.5, 0.6) is 0 Å². The zero-order valence-electron chi connectivity index (χ0n) is 12.9. The van der Waals surface area contributed by atoms with Crippen LogP contribution in [0.3, 0.4) is 0 Å². The average molecular weight is 362 g/mol. The van der Waals surface area contributed by atoms with Crippen molar-refractivity contribution in [3.63, 3.8) is 0 Å². The second-order valence-electron chi connectivity index (χ2n) is 5.11. The van der Waals surface area contributed by atoms with Crippen LogP contribution >= 0.6 is 15.9 Å². The number of hydrogen-bond donors (Lipinski definition) is 2. The molecule has 120 valence electrons. The molecule has 0 aliphatic heterocycles. The molecule has 0 fully saturated rings. The standard InChI is InChI=1S/C14H24BrN3O3/c1-4-14(5-2,10-19)9-16-11-8-17-18(6-7-21-3)13(20)12(11)15/h8,16,19H,4-7,9-10H2,1-3H3. The summed E-state index contributed by atoms with van der Waals surface area (Å²) in [6.07, 6.45) is 3.35. The molecule has 2 N–H and O–H groups in total. The number of nitrogens with zero attached hydrogens (tertiary/aromatic N) is 2. The first-order valence-electron chi connectivity index (χ1n) is 7.12. The van der Waals surface area contributed by atoms with Crippen LogP contribution in [-0.4, -0.2) is 41.8 Å². The molecule has 7 heteroatoms. The highest BCUT2D eigenvalue weighted by Crippen LogP contribution is 2.27. The highest BCUT2D eigenvalue weighted by Gasteiger charge is 2.25. The van der Waals surface area contributed by atoms with Gasteiger partial charge in [0, 0.05) is 19.1 Å². The Morgan fingerprint density at radius 3 is 2.67 bits per heavy atom. The molecule has 0 unspecified atom stereocenters. The molecule has 0 amide bonds. The molecular formula is C14H24BrN3O3. The number of hydrogen-bond acceptors (Lipinski definition) is 5. The van der Waals surface area contributed by atoms with Crippen molar-refractivity contribution in [3.8, 4) is 0 Å². The van der Waals surface area contributed by atoms with Gasteiger partial charge < -0.3 is 15.2 Å². The maximum absolute atomic E-state index is 12.1. The molecule has 0 spiro atoms. The minimum absolute atomic E-state index is 0.114. The molecule has 0 aromatic carbocycles. The van der Waals surface area contributed by atoms with Crippen LogP contribution in [-0.2, 0) is 11.3 Å². The van der Waals surface area contributed by atoms with Crippen LogP contribution in [0.15, 0.2) is 15.5 Å². The number of aromatic nitrogens is 2. The molecular weight excluding hydrogens is 338 g/mol. The Balaban J connectivity index is 2.86. The van der Waals surface area contributed by atoms with E-state index in [0.29, 0.717) is 29.9 Å². The third kappa shape index (κ3) is 4.52. The van der Waals surface area contributed by atoms with Crippen molar-refractivity contribution < 1.29 is 9.84 Å². The molecule has 0 saturated heterocycles. The molecule has 0 radical (unpaired) electrons. The fourth-order valence-electron chi connectivity index (χ4n) is 1.99. The summed E-state index contributed by atoms with van der Waals surface area (Å²) in [5, 5.41) is 16.9. The summed E-state index contributed by atoms with van der Waals surface area (Å²) in [5.41, 5.74) is 0.276. The normalized spacial score (nSPS) is 11.7. The molecule has 21 heavy (non-hydrogen) atoms. The van der Waals surface area contributed by atoms with Crippen molar-refractivity contribution in [1.29, 1.82) is 0 Å². The van der Waals surface area contributed by atoms with Crippen LogP contribution in [0.25, 0.3) is 0 Å². The summed E-state index contributed by atoms with van der Waals surface area (Å²) >= 11 is 3.32. The van der Waals surface area contributed by atoms with Crippen molar-refractivity contribution in [3.05, 3.63) is 21.0 Å². The quantitative estimate of drug-likeness (QED) is 0.701. The smallest absolute Gasteiger partial charge is 0.283 e. The van der Waals surface area contributed by atoms with Gasteiger partial charge in [-0.1, -0.05) is 13.8 Å². The molecule has 0 aliphatic carbocycles. The van der Waals surface area contributed by atoms with E-state index in [2.05, 4.69) is 40.2 Å². The number of methoxy groups -OCH3 is 1. The van der Waals surface area contributed by atoms with Gasteiger partial charge in [0.2, 0.25) is 0 Å². The Morgan fingerprint density at radius 2 is 2.14 bits per heavy atom. The number of halogens is 1. The predicted octanol–water partition coefficient (Wildman–Crippen LogP) is 1.86. The molecule has 1 rings (SSSR count). The van der Waals surface area contributed by atoms with E-state index in [0.717, 1.165) is 12.8 Å². The van der Waals surface area contributed by atoms with E-state index in [9.17, 15) is 9.90 Å². The van der Waals surface area contributed by atoms with E-state index in [1.54, 1.807) is 13.3 Å². The number of ether oxygens (including phenoxy) is 1. The monoisotopic (exact) mass is 361 g/mol. The average Bonchev–Trinajstić information content (AvgIpc) is 2.52. The highest BCUT2D eigenvalue weighted by atomic mass is 79.9. The van der Waals surface area contributed by atoms with E-state index < -0.39 is 0 Å².